The summed E-state index contributed by atoms with van der Waals surface area (Å²) < 4.78 is 5.16. The number of ether oxygens (including phenoxy) is 1. The molecule has 1 saturated heterocycles. The van der Waals surface area contributed by atoms with Gasteiger partial charge in [0.05, 0.1) is 7.11 Å². The number of halogens is 1. The van der Waals surface area contributed by atoms with E-state index in [9.17, 15) is 0 Å². The van der Waals surface area contributed by atoms with Crippen molar-refractivity contribution in [1.82, 2.24) is 4.90 Å². The Hall–Kier alpha value is -0.730. The Kier molecular flexibility index (Phi) is 4.30. The van der Waals surface area contributed by atoms with Crippen molar-refractivity contribution in [3.05, 3.63) is 29.8 Å². The van der Waals surface area contributed by atoms with Gasteiger partial charge in [0.25, 0.3) is 0 Å². The lowest BCUT2D eigenvalue weighted by molar-refractivity contribution is 0.189. The topological polar surface area (TPSA) is 12.5 Å². The van der Waals surface area contributed by atoms with E-state index in [0.717, 1.165) is 25.4 Å². The largest absolute Gasteiger partial charge is 0.497 e. The molecular formula is C14H20ClNO. The summed E-state index contributed by atoms with van der Waals surface area (Å²) in [4.78, 5) is 2.43. The number of likely N-dealkylation sites (tertiary alicyclic amines) is 1. The first kappa shape index (κ1) is 12.7. The van der Waals surface area contributed by atoms with Gasteiger partial charge < -0.3 is 4.74 Å². The number of benzene rings is 1. The van der Waals surface area contributed by atoms with Gasteiger partial charge in [0.15, 0.2) is 0 Å². The zero-order chi connectivity index (χ0) is 12.3. The molecule has 0 amide bonds. The zero-order valence-electron chi connectivity index (χ0n) is 10.5. The van der Waals surface area contributed by atoms with Crippen LogP contribution in [-0.4, -0.2) is 30.5 Å². The van der Waals surface area contributed by atoms with Crippen molar-refractivity contribution in [3.63, 3.8) is 0 Å². The minimum absolute atomic E-state index is 0.294. The zero-order valence-corrected chi connectivity index (χ0v) is 11.3. The fraction of sp³-hybridized carbons (Fsp3) is 0.571. The van der Waals surface area contributed by atoms with Crippen molar-refractivity contribution in [2.24, 2.45) is 5.92 Å². The molecule has 3 heteroatoms. The standard InChI is InChI=1S/C14H20ClNO/c1-11-7-8-16(10-14(11)15)9-12-3-5-13(17-2)6-4-12/h3-6,11,14H,7-10H2,1-2H3. The van der Waals surface area contributed by atoms with Crippen LogP contribution >= 0.6 is 11.6 Å². The second-order valence-corrected chi connectivity index (χ2v) is 5.43. The fourth-order valence-corrected chi connectivity index (χ4v) is 2.54. The summed E-state index contributed by atoms with van der Waals surface area (Å²) in [7, 11) is 1.69. The van der Waals surface area contributed by atoms with Crippen LogP contribution in [0.4, 0.5) is 0 Å². The number of hydrogen-bond acceptors (Lipinski definition) is 2. The molecule has 0 bridgehead atoms. The number of rotatable bonds is 3. The first-order chi connectivity index (χ1) is 8.19. The van der Waals surface area contributed by atoms with E-state index in [4.69, 9.17) is 16.3 Å². The molecule has 1 aliphatic rings. The number of hydrogen-bond donors (Lipinski definition) is 0. The van der Waals surface area contributed by atoms with Gasteiger partial charge in [-0.05, 0) is 36.6 Å². The Labute approximate surface area is 109 Å². The molecule has 1 fully saturated rings. The third-order valence-electron chi connectivity index (χ3n) is 3.52. The molecule has 17 heavy (non-hydrogen) atoms. The third-order valence-corrected chi connectivity index (χ3v) is 4.08. The van der Waals surface area contributed by atoms with Crippen molar-refractivity contribution in [3.8, 4) is 5.75 Å². The van der Waals surface area contributed by atoms with E-state index in [1.807, 2.05) is 12.1 Å². The minimum Gasteiger partial charge on any atom is -0.497 e. The lowest BCUT2D eigenvalue weighted by Crippen LogP contribution is -2.39. The summed E-state index contributed by atoms with van der Waals surface area (Å²) >= 11 is 6.31. The molecule has 1 aromatic rings. The molecule has 2 nitrogen and oxygen atoms in total. The van der Waals surface area contributed by atoms with Gasteiger partial charge in [-0.3, -0.25) is 4.90 Å². The maximum absolute atomic E-state index is 6.31. The molecule has 0 N–H and O–H groups in total. The van der Waals surface area contributed by atoms with Crippen molar-refractivity contribution < 1.29 is 4.74 Å². The summed E-state index contributed by atoms with van der Waals surface area (Å²) in [5, 5.41) is 0.294. The lowest BCUT2D eigenvalue weighted by Gasteiger charge is -2.33. The van der Waals surface area contributed by atoms with E-state index >= 15 is 0 Å². The average Bonchev–Trinajstić information content (AvgIpc) is 2.35. The highest BCUT2D eigenvalue weighted by atomic mass is 35.5. The Morgan fingerprint density at radius 3 is 2.65 bits per heavy atom. The number of nitrogens with zero attached hydrogens (tertiary/aromatic N) is 1. The Morgan fingerprint density at radius 1 is 1.35 bits per heavy atom. The van der Waals surface area contributed by atoms with E-state index in [0.29, 0.717) is 11.3 Å². The van der Waals surface area contributed by atoms with E-state index in [2.05, 4.69) is 24.0 Å². The maximum atomic E-state index is 6.31. The minimum atomic E-state index is 0.294. The molecule has 2 atom stereocenters. The number of alkyl halides is 1. The van der Waals surface area contributed by atoms with Crippen LogP contribution in [0, 0.1) is 5.92 Å². The molecule has 94 valence electrons. The molecular weight excluding hydrogens is 234 g/mol. The summed E-state index contributed by atoms with van der Waals surface area (Å²) in [6, 6.07) is 8.28. The molecule has 1 heterocycles. The van der Waals surface area contributed by atoms with Gasteiger partial charge in [-0.25, -0.2) is 0 Å². The molecule has 0 saturated carbocycles. The van der Waals surface area contributed by atoms with Crippen molar-refractivity contribution in [2.45, 2.75) is 25.3 Å². The first-order valence-electron chi connectivity index (χ1n) is 6.18. The Morgan fingerprint density at radius 2 is 2.06 bits per heavy atom. The molecule has 0 spiro atoms. The molecule has 1 aromatic carbocycles. The highest BCUT2D eigenvalue weighted by Crippen LogP contribution is 2.23. The second kappa shape index (κ2) is 5.74. The molecule has 2 unspecified atom stereocenters. The van der Waals surface area contributed by atoms with Crippen molar-refractivity contribution in [1.29, 1.82) is 0 Å². The van der Waals surface area contributed by atoms with Crippen LogP contribution in [0.3, 0.4) is 0 Å². The Bertz CT molecular complexity index is 352. The molecule has 1 aliphatic heterocycles. The summed E-state index contributed by atoms with van der Waals surface area (Å²) in [5.74, 6) is 1.56. The Balaban J connectivity index is 1.92. The van der Waals surface area contributed by atoms with Gasteiger partial charge in [0.2, 0.25) is 0 Å². The van der Waals surface area contributed by atoms with Gasteiger partial charge in [-0.1, -0.05) is 19.1 Å². The SMILES string of the molecule is COc1ccc(CN2CCC(C)C(Cl)C2)cc1. The fourth-order valence-electron chi connectivity index (χ4n) is 2.22. The van der Waals surface area contributed by atoms with Crippen molar-refractivity contribution >= 4 is 11.6 Å². The second-order valence-electron chi connectivity index (χ2n) is 4.87. The van der Waals surface area contributed by atoms with Crippen LogP contribution in [0.5, 0.6) is 5.75 Å². The summed E-state index contributed by atoms with van der Waals surface area (Å²) in [6.45, 7) is 5.37. The van der Waals surface area contributed by atoms with Gasteiger partial charge >= 0.3 is 0 Å². The van der Waals surface area contributed by atoms with Crippen LogP contribution in [0.1, 0.15) is 18.9 Å². The highest BCUT2D eigenvalue weighted by molar-refractivity contribution is 6.21. The molecule has 0 aromatic heterocycles. The maximum Gasteiger partial charge on any atom is 0.118 e. The van der Waals surface area contributed by atoms with Gasteiger partial charge in [-0.2, -0.15) is 0 Å². The highest BCUT2D eigenvalue weighted by Gasteiger charge is 2.24. The van der Waals surface area contributed by atoms with Gasteiger partial charge in [0.1, 0.15) is 5.75 Å². The normalized spacial score (nSPS) is 25.8. The van der Waals surface area contributed by atoms with E-state index in [1.54, 1.807) is 7.11 Å². The predicted octanol–water partition coefficient (Wildman–Crippen LogP) is 3.14. The van der Waals surface area contributed by atoms with Crippen LogP contribution in [0.2, 0.25) is 0 Å². The van der Waals surface area contributed by atoms with Crippen LogP contribution in [0.25, 0.3) is 0 Å². The van der Waals surface area contributed by atoms with Crippen LogP contribution in [0.15, 0.2) is 24.3 Å². The summed E-state index contributed by atoms with van der Waals surface area (Å²) in [6.07, 6.45) is 1.20. The molecule has 0 aliphatic carbocycles. The van der Waals surface area contributed by atoms with E-state index < -0.39 is 0 Å². The predicted molar refractivity (Wildman–Crippen MR) is 71.7 cm³/mol. The quantitative estimate of drug-likeness (QED) is 0.768. The smallest absolute Gasteiger partial charge is 0.118 e. The van der Waals surface area contributed by atoms with Crippen molar-refractivity contribution in [2.75, 3.05) is 20.2 Å². The van der Waals surface area contributed by atoms with E-state index in [-0.39, 0.29) is 0 Å². The number of piperidine rings is 1. The third kappa shape index (κ3) is 3.36. The average molecular weight is 254 g/mol. The molecule has 2 rings (SSSR count). The van der Waals surface area contributed by atoms with Gasteiger partial charge in [-0.15, -0.1) is 11.6 Å². The summed E-state index contributed by atoms with van der Waals surface area (Å²) in [5.41, 5.74) is 1.32. The van der Waals surface area contributed by atoms with Crippen LogP contribution < -0.4 is 4.74 Å². The van der Waals surface area contributed by atoms with E-state index in [1.165, 1.54) is 12.0 Å². The number of methoxy groups -OCH3 is 1. The lowest BCUT2D eigenvalue weighted by atomic mass is 9.98. The van der Waals surface area contributed by atoms with Crippen LogP contribution in [-0.2, 0) is 6.54 Å². The first-order valence-corrected chi connectivity index (χ1v) is 6.62. The monoisotopic (exact) mass is 253 g/mol. The van der Waals surface area contributed by atoms with Gasteiger partial charge in [0, 0.05) is 18.5 Å². The molecule has 0 radical (unpaired) electrons.